The number of aliphatic hydroxyl groups excluding tert-OH is 1. The number of rotatable bonds is 2. The second-order valence-corrected chi connectivity index (χ2v) is 5.58. The third kappa shape index (κ3) is 1.30. The van der Waals surface area contributed by atoms with Crippen LogP contribution < -0.4 is 0 Å². The number of aliphatic hydroxyl groups is 1. The Bertz CT molecular complexity index is 299. The maximum absolute atomic E-state index is 10.0. The van der Waals surface area contributed by atoms with Crippen LogP contribution in [0.3, 0.4) is 0 Å². The molecule has 4 nitrogen and oxygen atoms in total. The second-order valence-electron chi connectivity index (χ2n) is 5.58. The summed E-state index contributed by atoms with van der Waals surface area (Å²) in [6, 6.07) is 0. The van der Waals surface area contributed by atoms with Gasteiger partial charge in [0.2, 0.25) is 0 Å². The van der Waals surface area contributed by atoms with Gasteiger partial charge in [-0.2, -0.15) is 0 Å². The van der Waals surface area contributed by atoms with E-state index in [0.717, 1.165) is 19.4 Å². The van der Waals surface area contributed by atoms with Gasteiger partial charge >= 0.3 is 0 Å². The molecule has 3 rings (SSSR count). The maximum Gasteiger partial charge on any atom is 0.0999 e. The van der Waals surface area contributed by atoms with Gasteiger partial charge in [0.05, 0.1) is 42.0 Å². The van der Waals surface area contributed by atoms with Crippen LogP contribution in [0.15, 0.2) is 0 Å². The first kappa shape index (κ1) is 11.0. The van der Waals surface area contributed by atoms with Crippen molar-refractivity contribution in [3.63, 3.8) is 0 Å². The summed E-state index contributed by atoms with van der Waals surface area (Å²) in [5, 5.41) is 10.0. The molecule has 1 aliphatic carbocycles. The number of epoxide rings is 2. The minimum absolute atomic E-state index is 0.0839. The van der Waals surface area contributed by atoms with E-state index >= 15 is 0 Å². The number of methoxy groups -OCH3 is 1. The number of ether oxygens (including phenoxy) is 3. The van der Waals surface area contributed by atoms with Gasteiger partial charge in [0, 0.05) is 7.11 Å². The van der Waals surface area contributed by atoms with E-state index in [4.69, 9.17) is 14.2 Å². The van der Waals surface area contributed by atoms with Gasteiger partial charge in [-0.25, -0.2) is 0 Å². The molecule has 2 saturated heterocycles. The van der Waals surface area contributed by atoms with Crippen molar-refractivity contribution in [1.82, 2.24) is 0 Å². The summed E-state index contributed by atoms with van der Waals surface area (Å²) in [6.45, 7) is 4.97. The number of hydrogen-bond acceptors (Lipinski definition) is 4. The van der Waals surface area contributed by atoms with E-state index in [2.05, 4.69) is 13.8 Å². The van der Waals surface area contributed by atoms with Gasteiger partial charge in [-0.1, -0.05) is 0 Å². The molecule has 1 saturated carbocycles. The zero-order valence-electron chi connectivity index (χ0n) is 10.1. The van der Waals surface area contributed by atoms with Crippen molar-refractivity contribution in [3.05, 3.63) is 0 Å². The van der Waals surface area contributed by atoms with Crippen molar-refractivity contribution in [2.45, 2.75) is 56.2 Å². The molecule has 2 aliphatic heterocycles. The van der Waals surface area contributed by atoms with Gasteiger partial charge in [-0.05, 0) is 26.7 Å². The van der Waals surface area contributed by atoms with Crippen LogP contribution in [-0.2, 0) is 14.2 Å². The first-order valence-electron chi connectivity index (χ1n) is 6.06. The maximum atomic E-state index is 10.0. The minimum atomic E-state index is -0.391. The van der Waals surface area contributed by atoms with E-state index in [0.29, 0.717) is 0 Å². The van der Waals surface area contributed by atoms with Crippen LogP contribution in [0.2, 0.25) is 0 Å². The lowest BCUT2D eigenvalue weighted by Gasteiger charge is -2.41. The summed E-state index contributed by atoms with van der Waals surface area (Å²) < 4.78 is 16.9. The Morgan fingerprint density at radius 2 is 2.06 bits per heavy atom. The van der Waals surface area contributed by atoms with Crippen molar-refractivity contribution in [3.8, 4) is 0 Å². The fourth-order valence-corrected chi connectivity index (χ4v) is 3.46. The van der Waals surface area contributed by atoms with Crippen LogP contribution >= 0.6 is 0 Å². The molecule has 6 atom stereocenters. The zero-order valence-corrected chi connectivity index (χ0v) is 10.1. The highest BCUT2D eigenvalue weighted by Crippen LogP contribution is 2.58. The molecule has 92 valence electrons. The van der Waals surface area contributed by atoms with Gasteiger partial charge in [0.1, 0.15) is 0 Å². The van der Waals surface area contributed by atoms with Crippen molar-refractivity contribution >= 4 is 0 Å². The summed E-state index contributed by atoms with van der Waals surface area (Å²) in [5.41, 5.74) is -0.266. The molecular formula is C12H20O4. The van der Waals surface area contributed by atoms with Crippen LogP contribution in [0.1, 0.15) is 26.7 Å². The molecule has 0 radical (unpaired) electrons. The summed E-state index contributed by atoms with van der Waals surface area (Å²) in [6.07, 6.45) is 1.37. The summed E-state index contributed by atoms with van der Waals surface area (Å²) in [7, 11) is 1.67. The fraction of sp³-hybridized carbons (Fsp3) is 1.00. The molecule has 3 aliphatic rings. The largest absolute Gasteiger partial charge is 0.390 e. The quantitative estimate of drug-likeness (QED) is 0.708. The third-order valence-electron chi connectivity index (χ3n) is 4.72. The lowest BCUT2D eigenvalue weighted by molar-refractivity contribution is -0.116. The molecular weight excluding hydrogens is 208 g/mol. The lowest BCUT2D eigenvalue weighted by atomic mass is 9.68. The van der Waals surface area contributed by atoms with Gasteiger partial charge in [0.15, 0.2) is 0 Å². The molecule has 3 fully saturated rings. The van der Waals surface area contributed by atoms with E-state index < -0.39 is 6.10 Å². The lowest BCUT2D eigenvalue weighted by Crippen LogP contribution is -2.54. The van der Waals surface area contributed by atoms with Crippen molar-refractivity contribution in [1.29, 1.82) is 0 Å². The predicted octanol–water partition coefficient (Wildman–Crippen LogP) is 0.719. The average Bonchev–Trinajstić information content (AvgIpc) is 3.12. The van der Waals surface area contributed by atoms with E-state index in [9.17, 15) is 5.11 Å². The Hall–Kier alpha value is -0.160. The monoisotopic (exact) mass is 228 g/mol. The Balaban J connectivity index is 1.90. The van der Waals surface area contributed by atoms with E-state index in [1.165, 1.54) is 0 Å². The van der Waals surface area contributed by atoms with Crippen LogP contribution in [0, 0.1) is 5.92 Å². The molecule has 1 spiro atoms. The Kier molecular flexibility index (Phi) is 2.19. The molecule has 0 bridgehead atoms. The van der Waals surface area contributed by atoms with E-state index in [-0.39, 0.29) is 29.3 Å². The van der Waals surface area contributed by atoms with Crippen LogP contribution in [-0.4, -0.2) is 48.3 Å². The fourth-order valence-electron chi connectivity index (χ4n) is 3.46. The van der Waals surface area contributed by atoms with E-state index in [1.54, 1.807) is 7.11 Å². The first-order chi connectivity index (χ1) is 7.53. The molecule has 0 amide bonds. The zero-order chi connectivity index (χ0) is 11.6. The predicted molar refractivity (Wildman–Crippen MR) is 57.2 cm³/mol. The summed E-state index contributed by atoms with van der Waals surface area (Å²) in [4.78, 5) is 0. The second kappa shape index (κ2) is 3.19. The van der Waals surface area contributed by atoms with Crippen molar-refractivity contribution in [2.24, 2.45) is 5.92 Å². The van der Waals surface area contributed by atoms with Crippen LogP contribution in [0.4, 0.5) is 0 Å². The Morgan fingerprint density at radius 1 is 1.44 bits per heavy atom. The summed E-state index contributed by atoms with van der Waals surface area (Å²) >= 11 is 0. The van der Waals surface area contributed by atoms with Gasteiger partial charge in [-0.15, -0.1) is 0 Å². The molecule has 16 heavy (non-hydrogen) atoms. The highest BCUT2D eigenvalue weighted by molar-refractivity contribution is 5.18. The number of hydrogen-bond donors (Lipinski definition) is 1. The SMILES string of the molecule is COC1C(O)CCC2(CO2)C1C1(C)OC1C. The van der Waals surface area contributed by atoms with Crippen molar-refractivity contribution < 1.29 is 19.3 Å². The molecule has 0 aromatic rings. The molecule has 0 aromatic carbocycles. The molecule has 0 aromatic heterocycles. The van der Waals surface area contributed by atoms with E-state index in [1.807, 2.05) is 0 Å². The molecule has 1 N–H and O–H groups in total. The van der Waals surface area contributed by atoms with Crippen LogP contribution in [0.25, 0.3) is 0 Å². The molecule has 6 unspecified atom stereocenters. The first-order valence-corrected chi connectivity index (χ1v) is 6.06. The van der Waals surface area contributed by atoms with Gasteiger partial charge in [0.25, 0.3) is 0 Å². The Labute approximate surface area is 95.9 Å². The normalized spacial score (nSPS) is 60.0. The van der Waals surface area contributed by atoms with Gasteiger partial charge < -0.3 is 19.3 Å². The average molecular weight is 228 g/mol. The van der Waals surface area contributed by atoms with Crippen molar-refractivity contribution in [2.75, 3.05) is 13.7 Å². The Morgan fingerprint density at radius 3 is 2.50 bits per heavy atom. The third-order valence-corrected chi connectivity index (χ3v) is 4.72. The van der Waals surface area contributed by atoms with Crippen LogP contribution in [0.5, 0.6) is 0 Å². The smallest absolute Gasteiger partial charge is 0.0999 e. The highest BCUT2D eigenvalue weighted by Gasteiger charge is 2.70. The minimum Gasteiger partial charge on any atom is -0.390 e. The molecule has 2 heterocycles. The highest BCUT2D eigenvalue weighted by atomic mass is 16.6. The topological polar surface area (TPSA) is 54.5 Å². The summed E-state index contributed by atoms with van der Waals surface area (Å²) in [5.74, 6) is 0.156. The standard InChI is InChI=1S/C12H20O4/c1-7-11(2,16-7)10-9(14-3)8(13)4-5-12(10)6-15-12/h7-10,13H,4-6H2,1-3H3. The van der Waals surface area contributed by atoms with Gasteiger partial charge in [-0.3, -0.25) is 0 Å². The molecule has 4 heteroatoms.